The van der Waals surface area contributed by atoms with Crippen LogP contribution in [-0.2, 0) is 27.2 Å². The van der Waals surface area contributed by atoms with Crippen LogP contribution in [-0.4, -0.2) is 202 Å². The van der Waals surface area contributed by atoms with Gasteiger partial charge in [0.15, 0.2) is 5.82 Å². The topological polar surface area (TPSA) is 292 Å². The Bertz CT molecular complexity index is 4030. The predicted octanol–water partition coefficient (Wildman–Crippen LogP) is 17.7. The molecule has 0 fully saturated rings. The highest BCUT2D eigenvalue weighted by Gasteiger charge is 2.32. The summed E-state index contributed by atoms with van der Waals surface area (Å²) in [5.74, 6) is -1.68. The molecule has 0 bridgehead atoms. The summed E-state index contributed by atoms with van der Waals surface area (Å²) < 4.78 is 1.67. The van der Waals surface area contributed by atoms with Crippen LogP contribution in [0.2, 0.25) is 0 Å². The lowest BCUT2D eigenvalue weighted by Gasteiger charge is -2.33. The fourth-order valence-corrected chi connectivity index (χ4v) is 11.5. The van der Waals surface area contributed by atoms with E-state index in [0.29, 0.717) is 43.9 Å². The summed E-state index contributed by atoms with van der Waals surface area (Å²) in [5.41, 5.74) is 4.13. The number of carbonyl (C=O) groups excluding carboxylic acids is 6. The van der Waals surface area contributed by atoms with Crippen LogP contribution in [0.25, 0.3) is 11.9 Å². The average Bonchev–Trinajstić information content (AvgIpc) is 1.50. The van der Waals surface area contributed by atoms with Gasteiger partial charge in [0.2, 0.25) is 17.7 Å². The van der Waals surface area contributed by atoms with E-state index in [1.165, 1.54) is 36.9 Å². The number of amides is 6. The molecule has 0 unspecified atom stereocenters. The number of carboxylic acids is 2. The van der Waals surface area contributed by atoms with Gasteiger partial charge < -0.3 is 39.6 Å². The van der Waals surface area contributed by atoms with Gasteiger partial charge in [-0.1, -0.05) is 131 Å². The first-order valence-electron chi connectivity index (χ1n) is 40.4. The van der Waals surface area contributed by atoms with Crippen molar-refractivity contribution in [2.24, 2.45) is 32.5 Å². The zero-order valence-corrected chi connectivity index (χ0v) is 76.1. The molecule has 0 saturated carbocycles. The van der Waals surface area contributed by atoms with E-state index < -0.39 is 11.9 Å². The third-order valence-electron chi connectivity index (χ3n) is 16.9. The van der Waals surface area contributed by atoms with E-state index >= 15 is 0 Å². The van der Waals surface area contributed by atoms with Gasteiger partial charge in [-0.15, -0.1) is 0 Å². The molecule has 7 aromatic heterocycles. The molecule has 642 valence electrons. The Morgan fingerprint density at radius 1 is 0.359 bits per heavy atom. The summed E-state index contributed by atoms with van der Waals surface area (Å²) in [5, 5.41) is 22.4. The largest absolute Gasteiger partial charge is 0.478 e. The van der Waals surface area contributed by atoms with Crippen LogP contribution in [0, 0.1) is 32.5 Å². The number of hydrogen-bond donors (Lipinski definition) is 2. The van der Waals surface area contributed by atoms with Crippen LogP contribution in [0.15, 0.2) is 153 Å². The SMILES string of the molecule is CC(C)N(CC(C)(C)C)C(=O)/C=C/c1ccncc1.CC(C)N(CC(C)(C)C)C(=O)Cc1cccnc1.CC(C)N(CC(C)(C)C)C(=O)Cc1ccncc1.CC(C)N(CC(C)(C)C)C(=O)c1ccc(-n2cccn2)nc1.CC(C)N(CC(C)(C)C)C(=O)c1ccncc1C(=O)O.CC(C)N(CC(C)(C)C)C(=O)c1ccncc1C(=O)O. The Morgan fingerprint density at radius 2 is 0.709 bits per heavy atom. The molecular weight excluding hydrogens is 1470 g/mol. The fourth-order valence-electron chi connectivity index (χ4n) is 11.5. The molecule has 0 aliphatic carbocycles. The number of pyridine rings is 6. The van der Waals surface area contributed by atoms with Gasteiger partial charge in [0, 0.05) is 162 Å². The Hall–Kier alpha value is -10.4. The molecule has 6 amide bonds. The second-order valence-electron chi connectivity index (χ2n) is 38.2. The van der Waals surface area contributed by atoms with E-state index in [1.807, 2.05) is 183 Å². The molecule has 7 aromatic rings. The highest BCUT2D eigenvalue weighted by atomic mass is 16.4. The molecule has 0 saturated heterocycles. The highest BCUT2D eigenvalue weighted by molar-refractivity contribution is 6.05. The Kier molecular flexibility index (Phi) is 41.4. The number of carboxylic acid groups (broad SMARTS) is 2. The Balaban J connectivity index is 0.000000477. The molecular formula is C93H140N14O10. The first-order valence-corrected chi connectivity index (χ1v) is 40.4. The maximum Gasteiger partial charge on any atom is 0.338 e. The van der Waals surface area contributed by atoms with Crippen LogP contribution in [0.1, 0.15) is 276 Å². The quantitative estimate of drug-likeness (QED) is 0.0531. The molecule has 0 aromatic carbocycles. The minimum atomic E-state index is -1.14. The van der Waals surface area contributed by atoms with Crippen molar-refractivity contribution in [3.63, 3.8) is 0 Å². The summed E-state index contributed by atoms with van der Waals surface area (Å²) in [6.07, 6.45) is 25.2. The fraction of sp³-hybridized carbons (Fsp3) is 0.538. The summed E-state index contributed by atoms with van der Waals surface area (Å²) in [6.45, 7) is 66.3. The zero-order chi connectivity index (χ0) is 89.3. The molecule has 24 nitrogen and oxygen atoms in total. The molecule has 2 N–H and O–H groups in total. The second kappa shape index (κ2) is 47.1. The number of rotatable bonds is 24. The molecule has 7 heterocycles. The number of hydrogen-bond acceptors (Lipinski definition) is 15. The number of carbonyl (C=O) groups is 8. The molecule has 0 atom stereocenters. The molecule has 0 aliphatic rings. The van der Waals surface area contributed by atoms with Crippen LogP contribution in [0.4, 0.5) is 0 Å². The van der Waals surface area contributed by atoms with Crippen LogP contribution in [0.5, 0.6) is 0 Å². The van der Waals surface area contributed by atoms with E-state index in [2.05, 4.69) is 146 Å². The van der Waals surface area contributed by atoms with E-state index in [-0.39, 0.29) is 126 Å². The first kappa shape index (κ1) is 103. The van der Waals surface area contributed by atoms with E-state index in [1.54, 1.807) is 70.1 Å². The normalized spacial score (nSPS) is 11.7. The van der Waals surface area contributed by atoms with Crippen molar-refractivity contribution in [1.29, 1.82) is 0 Å². The molecule has 7 rings (SSSR count). The Morgan fingerprint density at radius 3 is 1.04 bits per heavy atom. The van der Waals surface area contributed by atoms with Gasteiger partial charge in [-0.05, 0) is 199 Å². The standard InChI is InChI=1S/C17H24N4O.C16H24N2O.2C15H22N2O3.2C15H24N2O/c1-13(2)20(12-17(3,4)5)16(22)14-7-8-15(18-11-14)21-10-6-9-19-21;1-13(2)18(12-16(3,4)5)15(19)7-6-14-8-10-17-11-9-14;2*1-10(2)17(9-15(3,4)5)13(18)11-6-7-16-8-12(11)14(19)20;1-12(2)17(11-15(3,4)5)14(18)10-13-6-8-16-9-7-13;1-12(2)17(11-15(3,4)5)14(18)9-13-7-6-8-16-10-13/h6-11,13H,12H2,1-5H3;6-11,13H,12H2,1-5H3;2*6-8,10H,9H2,1-5H3,(H,19,20);6-9,12H,10-11H2,1-5H3;6-8,10,12H,9,11H2,1-5H3/b;7-6+;;;;. The third-order valence-corrected chi connectivity index (χ3v) is 16.9. The number of nitrogens with zero attached hydrogens (tertiary/aromatic N) is 14. The summed E-state index contributed by atoms with van der Waals surface area (Å²) >= 11 is 0. The number of aromatic nitrogens is 8. The van der Waals surface area contributed by atoms with Gasteiger partial charge in [-0.3, -0.25) is 53.7 Å². The van der Waals surface area contributed by atoms with Gasteiger partial charge in [-0.2, -0.15) is 5.10 Å². The average molecular weight is 1610 g/mol. The smallest absolute Gasteiger partial charge is 0.338 e. The van der Waals surface area contributed by atoms with Crippen molar-refractivity contribution >= 4 is 53.5 Å². The van der Waals surface area contributed by atoms with Crippen molar-refractivity contribution in [2.45, 2.75) is 257 Å². The van der Waals surface area contributed by atoms with Crippen molar-refractivity contribution < 1.29 is 48.6 Å². The zero-order valence-electron chi connectivity index (χ0n) is 76.1. The van der Waals surface area contributed by atoms with Crippen LogP contribution < -0.4 is 0 Å². The van der Waals surface area contributed by atoms with E-state index in [9.17, 15) is 38.4 Å². The van der Waals surface area contributed by atoms with Crippen LogP contribution >= 0.6 is 0 Å². The maximum atomic E-state index is 12.7. The van der Waals surface area contributed by atoms with E-state index in [4.69, 9.17) is 10.2 Å². The predicted molar refractivity (Wildman–Crippen MR) is 469 cm³/mol. The number of aromatic carboxylic acids is 2. The minimum Gasteiger partial charge on any atom is -0.478 e. The summed E-state index contributed by atoms with van der Waals surface area (Å²) in [7, 11) is 0. The minimum absolute atomic E-state index is 0.00321. The van der Waals surface area contributed by atoms with Gasteiger partial charge >= 0.3 is 11.9 Å². The molecule has 117 heavy (non-hydrogen) atoms. The maximum absolute atomic E-state index is 12.7. The van der Waals surface area contributed by atoms with Crippen molar-refractivity contribution in [3.05, 3.63) is 198 Å². The first-order chi connectivity index (χ1) is 53.9. The molecule has 0 spiro atoms. The van der Waals surface area contributed by atoms with Gasteiger partial charge in [0.25, 0.3) is 17.7 Å². The second-order valence-corrected chi connectivity index (χ2v) is 38.2. The summed E-state index contributed by atoms with van der Waals surface area (Å²) in [4.78, 5) is 132. The highest BCUT2D eigenvalue weighted by Crippen LogP contribution is 2.26. The lowest BCUT2D eigenvalue weighted by molar-refractivity contribution is -0.134. The van der Waals surface area contributed by atoms with Gasteiger partial charge in [0.1, 0.15) is 0 Å². The third kappa shape index (κ3) is 40.4. The van der Waals surface area contributed by atoms with Gasteiger partial charge in [-0.25, -0.2) is 19.3 Å². The lowest BCUT2D eigenvalue weighted by Crippen LogP contribution is -2.43. The van der Waals surface area contributed by atoms with Crippen molar-refractivity contribution in [2.75, 3.05) is 39.3 Å². The van der Waals surface area contributed by atoms with Crippen molar-refractivity contribution in [1.82, 2.24) is 69.1 Å². The van der Waals surface area contributed by atoms with Crippen molar-refractivity contribution in [3.8, 4) is 5.82 Å². The molecule has 0 aliphatic heterocycles. The van der Waals surface area contributed by atoms with Crippen LogP contribution in [0.3, 0.4) is 0 Å². The molecule has 0 radical (unpaired) electrons. The van der Waals surface area contributed by atoms with Gasteiger partial charge in [0.05, 0.1) is 40.7 Å². The van der Waals surface area contributed by atoms with E-state index in [0.717, 1.165) is 36.3 Å². The monoisotopic (exact) mass is 1610 g/mol. The Labute approximate surface area is 699 Å². The lowest BCUT2D eigenvalue weighted by atomic mass is 9.94. The summed E-state index contributed by atoms with van der Waals surface area (Å²) in [6, 6.07) is 20.6. The molecule has 24 heteroatoms.